The maximum Gasteiger partial charge on any atom is 0.270 e. The number of ether oxygens (including phenoxy) is 1. The van der Waals surface area contributed by atoms with Crippen LogP contribution in [-0.2, 0) is 11.3 Å². The first-order valence-electron chi connectivity index (χ1n) is 9.55. The molecule has 1 aromatic carbocycles. The number of Topliss-reactive ketones (excluding diaryl/α,β-unsaturated/α-hetero) is 1. The van der Waals surface area contributed by atoms with E-state index in [2.05, 4.69) is 5.10 Å². The number of thiazole rings is 1. The van der Waals surface area contributed by atoms with E-state index in [1.165, 1.54) is 18.3 Å². The molecule has 3 aromatic rings. The van der Waals surface area contributed by atoms with E-state index in [0.717, 1.165) is 17.7 Å². The molecule has 0 spiro atoms. The number of benzene rings is 1. The largest absolute Gasteiger partial charge is 0.465 e. The summed E-state index contributed by atoms with van der Waals surface area (Å²) < 4.78 is 10.2. The van der Waals surface area contributed by atoms with Crippen molar-refractivity contribution in [1.29, 1.82) is 0 Å². The second kappa shape index (κ2) is 6.25. The number of carbonyl (C=O) groups excluding carboxylic acids is 1. The average molecular weight is 408 g/mol. The molecule has 0 fully saturated rings. The van der Waals surface area contributed by atoms with Gasteiger partial charge in [0.15, 0.2) is 4.80 Å². The molecule has 0 aliphatic carbocycles. The van der Waals surface area contributed by atoms with Crippen LogP contribution >= 0.6 is 11.3 Å². The van der Waals surface area contributed by atoms with Crippen LogP contribution in [0.3, 0.4) is 0 Å². The Balaban J connectivity index is 1.78. The van der Waals surface area contributed by atoms with Crippen LogP contribution in [0.4, 0.5) is 0 Å². The van der Waals surface area contributed by atoms with Crippen LogP contribution in [0.2, 0.25) is 0 Å². The van der Waals surface area contributed by atoms with Gasteiger partial charge < -0.3 is 4.74 Å². The van der Waals surface area contributed by atoms with Crippen molar-refractivity contribution < 1.29 is 9.53 Å². The predicted molar refractivity (Wildman–Crippen MR) is 109 cm³/mol. The highest BCUT2D eigenvalue weighted by Crippen LogP contribution is 2.47. The van der Waals surface area contributed by atoms with Crippen molar-refractivity contribution in [2.75, 3.05) is 0 Å². The molecule has 5 rings (SSSR count). The Morgan fingerprint density at radius 1 is 1.38 bits per heavy atom. The summed E-state index contributed by atoms with van der Waals surface area (Å²) in [5.74, 6) is 0.0573. The number of rotatable bonds is 3. The van der Waals surface area contributed by atoms with Gasteiger partial charge in [0.2, 0.25) is 5.72 Å². The van der Waals surface area contributed by atoms with Crippen LogP contribution in [0.15, 0.2) is 46.4 Å². The van der Waals surface area contributed by atoms with Gasteiger partial charge in [-0.25, -0.2) is 4.99 Å². The molecule has 0 saturated carbocycles. The van der Waals surface area contributed by atoms with Gasteiger partial charge in [0.1, 0.15) is 17.5 Å². The molecule has 148 valence electrons. The van der Waals surface area contributed by atoms with Crippen molar-refractivity contribution in [3.63, 3.8) is 0 Å². The van der Waals surface area contributed by atoms with E-state index in [1.54, 1.807) is 10.8 Å². The molecule has 2 aromatic heterocycles. The van der Waals surface area contributed by atoms with Crippen LogP contribution in [0.1, 0.15) is 37.9 Å². The molecule has 2 bridgehead atoms. The summed E-state index contributed by atoms with van der Waals surface area (Å²) in [6.45, 7) is 6.13. The first kappa shape index (κ1) is 18.1. The Labute approximate surface area is 170 Å². The predicted octanol–water partition coefficient (Wildman–Crippen LogP) is 1.49. The van der Waals surface area contributed by atoms with Crippen molar-refractivity contribution >= 4 is 23.2 Å². The quantitative estimate of drug-likeness (QED) is 0.658. The zero-order chi connectivity index (χ0) is 20.3. The lowest BCUT2D eigenvalue weighted by molar-refractivity contribution is -0.132. The normalized spacial score (nSPS) is 25.0. The fraction of sp³-hybridized carbons (Fsp3) is 0.333. The van der Waals surface area contributed by atoms with E-state index < -0.39 is 17.7 Å². The van der Waals surface area contributed by atoms with E-state index in [1.807, 2.05) is 55.1 Å². The van der Waals surface area contributed by atoms with Gasteiger partial charge in [0.25, 0.3) is 5.56 Å². The third kappa shape index (κ3) is 2.62. The highest BCUT2D eigenvalue weighted by molar-refractivity contribution is 7.07. The molecule has 8 heteroatoms. The lowest BCUT2D eigenvalue weighted by Crippen LogP contribution is -2.58. The zero-order valence-corrected chi connectivity index (χ0v) is 17.1. The summed E-state index contributed by atoms with van der Waals surface area (Å²) in [7, 11) is 0. The second-order valence-corrected chi connectivity index (χ2v) is 8.55. The van der Waals surface area contributed by atoms with Gasteiger partial charge in [-0.3, -0.25) is 18.8 Å². The van der Waals surface area contributed by atoms with Crippen LogP contribution in [-0.4, -0.2) is 25.9 Å². The topological polar surface area (TPSA) is 78.5 Å². The molecular formula is C21H20N4O3S. The Kier molecular flexibility index (Phi) is 3.89. The molecule has 0 unspecified atom stereocenters. The number of aryl methyl sites for hydroxylation is 1. The smallest absolute Gasteiger partial charge is 0.270 e. The number of ketones is 1. The summed E-state index contributed by atoms with van der Waals surface area (Å²) in [6.07, 6.45) is 5.46. The first-order chi connectivity index (χ1) is 13.9. The van der Waals surface area contributed by atoms with Gasteiger partial charge in [-0.15, -0.1) is 0 Å². The third-order valence-corrected chi connectivity index (χ3v) is 6.58. The fourth-order valence-electron chi connectivity index (χ4n) is 4.33. The summed E-state index contributed by atoms with van der Waals surface area (Å²) in [4.78, 5) is 31.3. The number of para-hydroxylation sites is 1. The number of aromatic nitrogens is 3. The average Bonchev–Trinajstić information content (AvgIpc) is 3.25. The molecule has 3 atom stereocenters. The van der Waals surface area contributed by atoms with Crippen LogP contribution < -0.4 is 19.6 Å². The van der Waals surface area contributed by atoms with Gasteiger partial charge >= 0.3 is 0 Å². The minimum absolute atomic E-state index is 0.0470. The number of carbonyl (C=O) groups is 1. The van der Waals surface area contributed by atoms with Crippen LogP contribution in [0.5, 0.6) is 5.75 Å². The van der Waals surface area contributed by atoms with Gasteiger partial charge in [0, 0.05) is 23.9 Å². The standard InChI is InChI=1S/C21H20N4O3S/c1-4-24-11-13(10-22-24)9-16-19(27)25-18-14-7-5-6-8-15(14)28-21(3,17(18)12(2)26)23-20(25)29-16/h5-11,17-18H,4H2,1-3H3/b16-9-/t17-,18-,21+/m0/s1. The maximum absolute atomic E-state index is 13.4. The molecule has 0 amide bonds. The Morgan fingerprint density at radius 3 is 2.90 bits per heavy atom. The highest BCUT2D eigenvalue weighted by atomic mass is 32.1. The van der Waals surface area contributed by atoms with Crippen LogP contribution in [0.25, 0.3) is 6.08 Å². The fourth-order valence-corrected chi connectivity index (χ4v) is 5.43. The molecule has 2 aliphatic rings. The van der Waals surface area contributed by atoms with E-state index in [4.69, 9.17) is 9.73 Å². The molecule has 7 nitrogen and oxygen atoms in total. The number of hydrogen-bond acceptors (Lipinski definition) is 6. The van der Waals surface area contributed by atoms with E-state index in [0.29, 0.717) is 15.1 Å². The molecule has 0 saturated heterocycles. The highest BCUT2D eigenvalue weighted by Gasteiger charge is 2.53. The van der Waals surface area contributed by atoms with Crippen LogP contribution in [0, 0.1) is 5.92 Å². The van der Waals surface area contributed by atoms with Crippen molar-refractivity contribution in [3.8, 4) is 5.75 Å². The third-order valence-electron chi connectivity index (χ3n) is 5.59. The van der Waals surface area contributed by atoms with Gasteiger partial charge in [-0.1, -0.05) is 29.5 Å². The number of fused-ring (bicyclic) bond motifs is 6. The van der Waals surface area contributed by atoms with E-state index in [9.17, 15) is 9.59 Å². The van der Waals surface area contributed by atoms with Gasteiger partial charge in [-0.2, -0.15) is 5.10 Å². The van der Waals surface area contributed by atoms with Gasteiger partial charge in [0.05, 0.1) is 16.8 Å². The molecule has 29 heavy (non-hydrogen) atoms. The summed E-state index contributed by atoms with van der Waals surface area (Å²) in [5, 5.41) is 4.26. The summed E-state index contributed by atoms with van der Waals surface area (Å²) in [6, 6.07) is 7.13. The summed E-state index contributed by atoms with van der Waals surface area (Å²) in [5.41, 5.74) is 0.517. The monoisotopic (exact) mass is 408 g/mol. The van der Waals surface area contributed by atoms with Crippen molar-refractivity contribution in [2.45, 2.75) is 39.1 Å². The van der Waals surface area contributed by atoms with E-state index >= 15 is 0 Å². The maximum atomic E-state index is 13.4. The van der Waals surface area contributed by atoms with Crippen molar-refractivity contribution in [1.82, 2.24) is 14.3 Å². The second-order valence-electron chi connectivity index (χ2n) is 7.54. The summed E-state index contributed by atoms with van der Waals surface area (Å²) >= 11 is 1.32. The molecule has 2 aliphatic heterocycles. The molecular weight excluding hydrogens is 388 g/mol. The molecule has 0 N–H and O–H groups in total. The lowest BCUT2D eigenvalue weighted by Gasteiger charge is -2.45. The number of hydrogen-bond donors (Lipinski definition) is 0. The molecule has 4 heterocycles. The lowest BCUT2D eigenvalue weighted by atomic mass is 9.79. The SMILES string of the molecule is CCn1cc(/C=c2\sc3n(c2=O)[C@H]2c4ccccc4O[C@@](C)(N=3)[C@H]2C(C)=O)cn1. The minimum atomic E-state index is -1.04. The first-order valence-corrected chi connectivity index (χ1v) is 10.4. The minimum Gasteiger partial charge on any atom is -0.465 e. The Bertz CT molecular complexity index is 1320. The van der Waals surface area contributed by atoms with E-state index in [-0.39, 0.29) is 11.3 Å². The Morgan fingerprint density at radius 2 is 2.17 bits per heavy atom. The van der Waals surface area contributed by atoms with Gasteiger partial charge in [-0.05, 0) is 32.9 Å². The van der Waals surface area contributed by atoms with Crippen molar-refractivity contribution in [2.24, 2.45) is 10.9 Å². The zero-order valence-electron chi connectivity index (χ0n) is 16.3. The number of nitrogens with zero attached hydrogens (tertiary/aromatic N) is 4. The Hall–Kier alpha value is -3.00. The van der Waals surface area contributed by atoms with Crippen molar-refractivity contribution in [3.05, 3.63) is 67.5 Å². The molecule has 0 radical (unpaired) electrons.